The quantitative estimate of drug-likeness (QED) is 0.626. The smallest absolute Gasteiger partial charge is 0.324 e. The first-order valence-corrected chi connectivity index (χ1v) is 10.1. The molecule has 0 saturated heterocycles. The number of hydrogen-bond acceptors (Lipinski definition) is 7. The van der Waals surface area contributed by atoms with Crippen molar-refractivity contribution < 1.29 is 17.9 Å². The molecule has 0 aliphatic heterocycles. The van der Waals surface area contributed by atoms with Gasteiger partial charge in [-0.3, -0.25) is 4.79 Å². The zero-order chi connectivity index (χ0) is 18.7. The Hall–Kier alpha value is -2.07. The number of benzene rings is 2. The molecule has 3 aromatic rings. The molecule has 0 spiro atoms. The standard InChI is InChI=1S/C16H14ClN3O4S2/c1-10(16(21)24-9-11-5-7-12(17)8-6-11)20-26(22,23)14-4-2-3-13-15(14)19-25-18-13/h2-8,10,20H,9H2,1H3. The maximum atomic E-state index is 12.6. The second-order valence-corrected chi connectivity index (χ2v) is 8.11. The number of rotatable bonds is 6. The Morgan fingerprint density at radius 3 is 2.69 bits per heavy atom. The lowest BCUT2D eigenvalue weighted by Gasteiger charge is -2.14. The molecule has 0 aliphatic carbocycles. The number of esters is 1. The Labute approximate surface area is 159 Å². The van der Waals surface area contributed by atoms with Gasteiger partial charge in [-0.05, 0) is 36.8 Å². The van der Waals surface area contributed by atoms with Crippen molar-refractivity contribution >= 4 is 50.4 Å². The molecular weight excluding hydrogens is 398 g/mol. The molecule has 2 aromatic carbocycles. The lowest BCUT2D eigenvalue weighted by molar-refractivity contribution is -0.146. The van der Waals surface area contributed by atoms with Crippen molar-refractivity contribution in [3.05, 3.63) is 53.1 Å². The van der Waals surface area contributed by atoms with Gasteiger partial charge in [-0.15, -0.1) is 0 Å². The van der Waals surface area contributed by atoms with Gasteiger partial charge in [0.05, 0.1) is 11.7 Å². The highest BCUT2D eigenvalue weighted by molar-refractivity contribution is 7.89. The van der Waals surface area contributed by atoms with Crippen LogP contribution in [0.5, 0.6) is 0 Å². The summed E-state index contributed by atoms with van der Waals surface area (Å²) in [6.45, 7) is 1.44. The minimum Gasteiger partial charge on any atom is -0.460 e. The van der Waals surface area contributed by atoms with Crippen LogP contribution in [0.15, 0.2) is 47.4 Å². The average molecular weight is 412 g/mol. The molecule has 7 nitrogen and oxygen atoms in total. The number of nitrogens with one attached hydrogen (secondary N) is 1. The summed E-state index contributed by atoms with van der Waals surface area (Å²) >= 11 is 6.72. The monoisotopic (exact) mass is 411 g/mol. The van der Waals surface area contributed by atoms with E-state index in [4.69, 9.17) is 16.3 Å². The fourth-order valence-electron chi connectivity index (χ4n) is 2.20. The lowest BCUT2D eigenvalue weighted by Crippen LogP contribution is -2.39. The minimum atomic E-state index is -3.95. The first kappa shape index (κ1) is 18.7. The molecule has 10 heteroatoms. The van der Waals surface area contributed by atoms with Gasteiger partial charge in [-0.25, -0.2) is 8.42 Å². The Morgan fingerprint density at radius 1 is 1.23 bits per heavy atom. The van der Waals surface area contributed by atoms with Gasteiger partial charge in [0.2, 0.25) is 10.0 Å². The van der Waals surface area contributed by atoms with E-state index >= 15 is 0 Å². The fourth-order valence-corrected chi connectivity index (χ4v) is 4.29. The highest BCUT2D eigenvalue weighted by atomic mass is 35.5. The number of carbonyl (C=O) groups excluding carboxylic acids is 1. The maximum absolute atomic E-state index is 12.6. The number of ether oxygens (including phenoxy) is 1. The van der Waals surface area contributed by atoms with Crippen molar-refractivity contribution in [2.24, 2.45) is 0 Å². The van der Waals surface area contributed by atoms with Crippen LogP contribution in [0.1, 0.15) is 12.5 Å². The third-order valence-electron chi connectivity index (χ3n) is 3.52. The Balaban J connectivity index is 1.68. The van der Waals surface area contributed by atoms with Gasteiger partial charge >= 0.3 is 5.97 Å². The summed E-state index contributed by atoms with van der Waals surface area (Å²) < 4.78 is 40.6. The second-order valence-electron chi connectivity index (χ2n) is 5.47. The van der Waals surface area contributed by atoms with Crippen molar-refractivity contribution in [2.75, 3.05) is 0 Å². The highest BCUT2D eigenvalue weighted by Gasteiger charge is 2.25. The first-order chi connectivity index (χ1) is 12.4. The van der Waals surface area contributed by atoms with Gasteiger partial charge in [0.25, 0.3) is 0 Å². The summed E-state index contributed by atoms with van der Waals surface area (Å²) in [5, 5.41) is 0.576. The van der Waals surface area contributed by atoms with Crippen molar-refractivity contribution in [1.29, 1.82) is 0 Å². The molecule has 1 atom stereocenters. The van der Waals surface area contributed by atoms with Crippen molar-refractivity contribution in [3.8, 4) is 0 Å². The predicted octanol–water partition coefficient (Wildman–Crippen LogP) is 2.75. The summed E-state index contributed by atoms with van der Waals surface area (Å²) in [5.41, 5.74) is 1.50. The van der Waals surface area contributed by atoms with Crippen LogP contribution in [0.2, 0.25) is 5.02 Å². The molecular formula is C16H14ClN3O4S2. The van der Waals surface area contributed by atoms with Crippen LogP contribution in [0.3, 0.4) is 0 Å². The molecule has 0 bridgehead atoms. The zero-order valence-corrected chi connectivity index (χ0v) is 15.9. The van der Waals surface area contributed by atoms with E-state index in [0.717, 1.165) is 17.3 Å². The van der Waals surface area contributed by atoms with Crippen LogP contribution in [0.4, 0.5) is 0 Å². The minimum absolute atomic E-state index is 0.0215. The Morgan fingerprint density at radius 2 is 1.96 bits per heavy atom. The van der Waals surface area contributed by atoms with Crippen molar-refractivity contribution in [2.45, 2.75) is 24.5 Å². The van der Waals surface area contributed by atoms with Crippen LogP contribution in [0, 0.1) is 0 Å². The van der Waals surface area contributed by atoms with E-state index in [0.29, 0.717) is 10.5 Å². The third kappa shape index (κ3) is 4.18. The van der Waals surface area contributed by atoms with E-state index in [1.54, 1.807) is 36.4 Å². The molecule has 136 valence electrons. The molecule has 1 aromatic heterocycles. The summed E-state index contributed by atoms with van der Waals surface area (Å²) in [5.74, 6) is -0.688. The Bertz CT molecular complexity index is 1040. The molecule has 0 aliphatic rings. The fraction of sp³-hybridized carbons (Fsp3) is 0.188. The van der Waals surface area contributed by atoms with E-state index in [1.165, 1.54) is 13.0 Å². The third-order valence-corrected chi connectivity index (χ3v) is 5.89. The molecule has 0 amide bonds. The zero-order valence-electron chi connectivity index (χ0n) is 13.5. The number of carbonyl (C=O) groups is 1. The summed E-state index contributed by atoms with van der Waals surface area (Å²) in [6.07, 6.45) is 0. The summed E-state index contributed by atoms with van der Waals surface area (Å²) in [4.78, 5) is 12.1. The molecule has 0 radical (unpaired) electrons. The largest absolute Gasteiger partial charge is 0.460 e. The van der Waals surface area contributed by atoms with Gasteiger partial charge in [-0.1, -0.05) is 29.8 Å². The maximum Gasteiger partial charge on any atom is 0.324 e. The van der Waals surface area contributed by atoms with E-state index in [-0.39, 0.29) is 17.0 Å². The van der Waals surface area contributed by atoms with Crippen molar-refractivity contribution in [3.63, 3.8) is 0 Å². The number of hydrogen-bond donors (Lipinski definition) is 1. The van der Waals surface area contributed by atoms with E-state index in [1.807, 2.05) is 0 Å². The number of nitrogens with zero attached hydrogens (tertiary/aromatic N) is 2. The normalized spacial score (nSPS) is 12.8. The Kier molecular flexibility index (Phi) is 5.52. The summed E-state index contributed by atoms with van der Waals surface area (Å²) in [6, 6.07) is 10.4. The molecule has 0 saturated carbocycles. The van der Waals surface area contributed by atoms with E-state index < -0.39 is 22.0 Å². The van der Waals surface area contributed by atoms with Gasteiger partial charge in [0.1, 0.15) is 28.6 Å². The van der Waals surface area contributed by atoms with Gasteiger partial charge in [-0.2, -0.15) is 13.5 Å². The number of aromatic nitrogens is 2. The SMILES string of the molecule is CC(NS(=O)(=O)c1cccc2nsnc12)C(=O)OCc1ccc(Cl)cc1. The van der Waals surface area contributed by atoms with Crippen LogP contribution in [0.25, 0.3) is 11.0 Å². The van der Waals surface area contributed by atoms with Crippen molar-refractivity contribution in [1.82, 2.24) is 13.5 Å². The lowest BCUT2D eigenvalue weighted by atomic mass is 10.2. The van der Waals surface area contributed by atoms with Crippen LogP contribution < -0.4 is 4.72 Å². The molecule has 26 heavy (non-hydrogen) atoms. The summed E-state index contributed by atoms with van der Waals surface area (Å²) in [7, 11) is -3.95. The van der Waals surface area contributed by atoms with Crippen LogP contribution in [-0.4, -0.2) is 29.2 Å². The topological polar surface area (TPSA) is 98.3 Å². The molecule has 1 unspecified atom stereocenters. The average Bonchev–Trinajstić information content (AvgIpc) is 3.09. The highest BCUT2D eigenvalue weighted by Crippen LogP contribution is 2.21. The van der Waals surface area contributed by atoms with Gasteiger partial charge in [0.15, 0.2) is 0 Å². The molecule has 1 N–H and O–H groups in total. The van der Waals surface area contributed by atoms with E-state index in [9.17, 15) is 13.2 Å². The number of sulfonamides is 1. The molecule has 3 rings (SSSR count). The number of fused-ring (bicyclic) bond motifs is 1. The number of halogens is 1. The van der Waals surface area contributed by atoms with Crippen LogP contribution in [-0.2, 0) is 26.2 Å². The first-order valence-electron chi connectivity index (χ1n) is 7.51. The van der Waals surface area contributed by atoms with Gasteiger partial charge in [0, 0.05) is 5.02 Å². The molecule has 0 fully saturated rings. The predicted molar refractivity (Wildman–Crippen MR) is 98.4 cm³/mol. The van der Waals surface area contributed by atoms with E-state index in [2.05, 4.69) is 13.5 Å². The van der Waals surface area contributed by atoms with Crippen LogP contribution >= 0.6 is 23.3 Å². The van der Waals surface area contributed by atoms with Gasteiger partial charge < -0.3 is 4.74 Å². The second kappa shape index (κ2) is 7.67. The molecule has 1 heterocycles.